The summed E-state index contributed by atoms with van der Waals surface area (Å²) >= 11 is 3.09. The van der Waals surface area contributed by atoms with Gasteiger partial charge < -0.3 is 0 Å². The molecule has 26 heavy (non-hydrogen) atoms. The number of benzene rings is 1. The molecule has 0 unspecified atom stereocenters. The van der Waals surface area contributed by atoms with Gasteiger partial charge in [0.2, 0.25) is 0 Å². The van der Waals surface area contributed by atoms with E-state index in [0.29, 0.717) is 24.2 Å². The number of thiophene rings is 2. The largest absolute Gasteiger partial charge is 0.300 e. The van der Waals surface area contributed by atoms with Crippen LogP contribution in [-0.4, -0.2) is 15.3 Å². The van der Waals surface area contributed by atoms with Crippen LogP contribution in [0.1, 0.15) is 13.3 Å². The first-order chi connectivity index (χ1) is 12.6. The van der Waals surface area contributed by atoms with E-state index in [1.165, 1.54) is 11.3 Å². The van der Waals surface area contributed by atoms with Crippen molar-refractivity contribution < 1.29 is 4.79 Å². The molecule has 130 valence electrons. The minimum Gasteiger partial charge on any atom is -0.300 e. The number of carbonyl (C=O) groups is 1. The Labute approximate surface area is 158 Å². The van der Waals surface area contributed by atoms with Crippen LogP contribution in [0.3, 0.4) is 0 Å². The Morgan fingerprint density at radius 2 is 1.92 bits per heavy atom. The van der Waals surface area contributed by atoms with Crippen LogP contribution < -0.4 is 5.56 Å². The SMILES string of the molecule is CC(=O)CCn1c(-c2ccccc2)nc2scc(-c3cccs3)c2c1=O. The fourth-order valence-electron chi connectivity index (χ4n) is 2.92. The van der Waals surface area contributed by atoms with Crippen molar-refractivity contribution in [2.24, 2.45) is 0 Å². The van der Waals surface area contributed by atoms with Crippen LogP contribution in [0.2, 0.25) is 0 Å². The van der Waals surface area contributed by atoms with Gasteiger partial charge in [-0.25, -0.2) is 4.98 Å². The maximum absolute atomic E-state index is 13.3. The molecular weight excluding hydrogens is 364 g/mol. The molecule has 0 aliphatic carbocycles. The van der Waals surface area contributed by atoms with Crippen LogP contribution in [0.5, 0.6) is 0 Å². The van der Waals surface area contributed by atoms with Crippen LogP contribution in [0.15, 0.2) is 58.0 Å². The molecule has 0 spiro atoms. The highest BCUT2D eigenvalue weighted by Crippen LogP contribution is 2.34. The summed E-state index contributed by atoms with van der Waals surface area (Å²) in [5.41, 5.74) is 1.72. The van der Waals surface area contributed by atoms with Gasteiger partial charge in [0.05, 0.1) is 5.39 Å². The highest BCUT2D eigenvalue weighted by molar-refractivity contribution is 7.18. The smallest absolute Gasteiger partial charge is 0.263 e. The van der Waals surface area contributed by atoms with Crippen molar-refractivity contribution in [2.45, 2.75) is 19.9 Å². The Balaban J connectivity index is 1.98. The third kappa shape index (κ3) is 3.02. The Morgan fingerprint density at radius 1 is 1.12 bits per heavy atom. The lowest BCUT2D eigenvalue weighted by molar-refractivity contribution is -0.117. The lowest BCUT2D eigenvalue weighted by Gasteiger charge is -2.12. The maximum atomic E-state index is 13.3. The molecule has 3 aromatic heterocycles. The molecule has 4 nitrogen and oxygen atoms in total. The maximum Gasteiger partial charge on any atom is 0.263 e. The zero-order chi connectivity index (χ0) is 18.1. The van der Waals surface area contributed by atoms with Crippen LogP contribution in [0.4, 0.5) is 0 Å². The molecule has 3 heterocycles. The fraction of sp³-hybridized carbons (Fsp3) is 0.150. The molecule has 0 atom stereocenters. The average Bonchev–Trinajstić information content (AvgIpc) is 3.30. The number of rotatable bonds is 5. The first kappa shape index (κ1) is 16.9. The van der Waals surface area contributed by atoms with E-state index in [9.17, 15) is 9.59 Å². The van der Waals surface area contributed by atoms with E-state index in [1.54, 1.807) is 22.8 Å². The van der Waals surface area contributed by atoms with Gasteiger partial charge in [0.25, 0.3) is 5.56 Å². The second kappa shape index (κ2) is 6.97. The number of Topliss-reactive ketones (excluding diaryl/α,β-unsaturated/α-hetero) is 1. The number of aromatic nitrogens is 2. The number of hydrogen-bond donors (Lipinski definition) is 0. The van der Waals surface area contributed by atoms with Crippen molar-refractivity contribution >= 4 is 38.7 Å². The second-order valence-electron chi connectivity index (χ2n) is 6.02. The number of nitrogens with zero attached hydrogens (tertiary/aromatic N) is 2. The highest BCUT2D eigenvalue weighted by atomic mass is 32.1. The predicted octanol–water partition coefficient (Wildman–Crippen LogP) is 4.83. The van der Waals surface area contributed by atoms with Crippen molar-refractivity contribution in [2.75, 3.05) is 0 Å². The third-order valence-corrected chi connectivity index (χ3v) is 5.98. The predicted molar refractivity (Wildman–Crippen MR) is 108 cm³/mol. The van der Waals surface area contributed by atoms with Crippen LogP contribution in [0, 0.1) is 0 Å². The van der Waals surface area contributed by atoms with Gasteiger partial charge in [-0.15, -0.1) is 22.7 Å². The van der Waals surface area contributed by atoms with Gasteiger partial charge in [-0.3, -0.25) is 14.2 Å². The highest BCUT2D eigenvalue weighted by Gasteiger charge is 2.18. The number of ketones is 1. The summed E-state index contributed by atoms with van der Waals surface area (Å²) in [5, 5.41) is 4.63. The van der Waals surface area contributed by atoms with E-state index in [-0.39, 0.29) is 11.3 Å². The van der Waals surface area contributed by atoms with E-state index in [0.717, 1.165) is 20.8 Å². The van der Waals surface area contributed by atoms with Gasteiger partial charge in [-0.05, 0) is 18.4 Å². The van der Waals surface area contributed by atoms with E-state index >= 15 is 0 Å². The van der Waals surface area contributed by atoms with Gasteiger partial charge in [0, 0.05) is 34.3 Å². The van der Waals surface area contributed by atoms with Gasteiger partial charge in [0.15, 0.2) is 0 Å². The molecule has 1 aromatic carbocycles. The number of carbonyl (C=O) groups excluding carboxylic acids is 1. The van der Waals surface area contributed by atoms with Gasteiger partial charge in [-0.2, -0.15) is 0 Å². The summed E-state index contributed by atoms with van der Waals surface area (Å²) in [5.74, 6) is 0.670. The zero-order valence-corrected chi connectivity index (χ0v) is 15.8. The lowest BCUT2D eigenvalue weighted by Crippen LogP contribution is -2.24. The summed E-state index contributed by atoms with van der Waals surface area (Å²) in [7, 11) is 0. The molecule has 0 aliphatic rings. The molecule has 0 saturated carbocycles. The van der Waals surface area contributed by atoms with Crippen molar-refractivity contribution in [1.29, 1.82) is 0 Å². The minimum atomic E-state index is -0.0836. The minimum absolute atomic E-state index is 0.0554. The van der Waals surface area contributed by atoms with Crippen molar-refractivity contribution in [1.82, 2.24) is 9.55 Å². The molecule has 4 rings (SSSR count). The van der Waals surface area contributed by atoms with E-state index in [2.05, 4.69) is 0 Å². The molecule has 4 aromatic rings. The molecular formula is C20H16N2O2S2. The standard InChI is InChI=1S/C20H16N2O2S2/c1-13(23)9-10-22-18(14-6-3-2-4-7-14)21-19-17(20(22)24)15(12-26-19)16-8-5-11-25-16/h2-8,11-12H,9-10H2,1H3. The average molecular weight is 380 g/mol. The summed E-state index contributed by atoms with van der Waals surface area (Å²) in [6.07, 6.45) is 0.311. The summed E-state index contributed by atoms with van der Waals surface area (Å²) in [6, 6.07) is 13.6. The van der Waals surface area contributed by atoms with Crippen LogP contribution in [0.25, 0.3) is 32.0 Å². The van der Waals surface area contributed by atoms with Gasteiger partial charge in [-0.1, -0.05) is 36.4 Å². The molecule has 0 radical (unpaired) electrons. The van der Waals surface area contributed by atoms with Crippen molar-refractivity contribution in [3.8, 4) is 21.8 Å². The Kier molecular flexibility index (Phi) is 4.53. The monoisotopic (exact) mass is 380 g/mol. The second-order valence-corrected chi connectivity index (χ2v) is 7.82. The molecule has 0 N–H and O–H groups in total. The summed E-state index contributed by atoms with van der Waals surface area (Å²) < 4.78 is 1.64. The van der Waals surface area contributed by atoms with Gasteiger partial charge in [0.1, 0.15) is 16.4 Å². The van der Waals surface area contributed by atoms with Crippen molar-refractivity contribution in [3.05, 3.63) is 63.6 Å². The molecule has 0 aliphatic heterocycles. The molecule has 6 heteroatoms. The molecule has 0 bridgehead atoms. The Hall–Kier alpha value is -2.57. The van der Waals surface area contributed by atoms with Crippen molar-refractivity contribution in [3.63, 3.8) is 0 Å². The molecule has 0 fully saturated rings. The quantitative estimate of drug-likeness (QED) is 0.498. The lowest BCUT2D eigenvalue weighted by atomic mass is 10.1. The summed E-state index contributed by atoms with van der Waals surface area (Å²) in [6.45, 7) is 1.88. The molecule has 0 saturated heterocycles. The third-order valence-electron chi connectivity index (χ3n) is 4.20. The zero-order valence-electron chi connectivity index (χ0n) is 14.1. The van der Waals surface area contributed by atoms with E-state index in [1.807, 2.05) is 53.2 Å². The van der Waals surface area contributed by atoms with Gasteiger partial charge >= 0.3 is 0 Å². The fourth-order valence-corrected chi connectivity index (χ4v) is 4.67. The summed E-state index contributed by atoms with van der Waals surface area (Å²) in [4.78, 5) is 31.4. The normalized spacial score (nSPS) is 11.1. The molecule has 0 amide bonds. The Morgan fingerprint density at radius 3 is 2.62 bits per heavy atom. The number of hydrogen-bond acceptors (Lipinski definition) is 5. The number of fused-ring (bicyclic) bond motifs is 1. The van der Waals surface area contributed by atoms with Crippen LogP contribution >= 0.6 is 22.7 Å². The first-order valence-corrected chi connectivity index (χ1v) is 10.0. The topological polar surface area (TPSA) is 52.0 Å². The first-order valence-electron chi connectivity index (χ1n) is 8.26. The van der Waals surface area contributed by atoms with Crippen LogP contribution in [-0.2, 0) is 11.3 Å². The van der Waals surface area contributed by atoms with E-state index in [4.69, 9.17) is 4.98 Å². The van der Waals surface area contributed by atoms with E-state index < -0.39 is 0 Å². The Bertz CT molecular complexity index is 1130.